The summed E-state index contributed by atoms with van der Waals surface area (Å²) in [5, 5.41) is 5.01. The summed E-state index contributed by atoms with van der Waals surface area (Å²) in [6.07, 6.45) is 0. The van der Waals surface area contributed by atoms with Crippen LogP contribution >= 0.6 is 0 Å². The lowest BCUT2D eigenvalue weighted by Gasteiger charge is -2.42. The molecular weight excluding hydrogens is 717 g/mol. The van der Waals surface area contributed by atoms with Crippen molar-refractivity contribution < 1.29 is 4.74 Å². The van der Waals surface area contributed by atoms with E-state index in [4.69, 9.17) is 4.74 Å². The SMILES string of the molecule is c1ccc(N2B3c4ccccc4Oc4cc(-c5cccc(-n6c7ccccc7c7ccccc76)c5)cc(c43)-c3ccc(-n4c5ccccc5c5ccccc54)cc32)cc1. The molecular formula is C54H34BN3O. The fraction of sp³-hybridized carbons (Fsp3) is 0. The number of nitrogens with zero attached hydrogens (tertiary/aromatic N) is 3. The molecule has 0 atom stereocenters. The van der Waals surface area contributed by atoms with E-state index in [-0.39, 0.29) is 6.85 Å². The van der Waals surface area contributed by atoms with E-state index in [0.717, 1.165) is 50.8 Å². The number of ether oxygens (including phenoxy) is 1. The minimum atomic E-state index is -0.105. The van der Waals surface area contributed by atoms with Gasteiger partial charge in [0, 0.05) is 55.3 Å². The Bertz CT molecular complexity index is 3400. The van der Waals surface area contributed by atoms with Crippen molar-refractivity contribution in [1.82, 2.24) is 9.13 Å². The summed E-state index contributed by atoms with van der Waals surface area (Å²) in [6.45, 7) is -0.105. The zero-order valence-corrected chi connectivity index (χ0v) is 32.0. The van der Waals surface area contributed by atoms with Crippen LogP contribution in [0.4, 0.5) is 11.4 Å². The van der Waals surface area contributed by atoms with E-state index in [1.807, 2.05) is 0 Å². The van der Waals surface area contributed by atoms with Gasteiger partial charge < -0.3 is 18.7 Å². The lowest BCUT2D eigenvalue weighted by atomic mass is 9.44. The van der Waals surface area contributed by atoms with Crippen LogP contribution in [-0.4, -0.2) is 16.0 Å². The van der Waals surface area contributed by atoms with Gasteiger partial charge in [0.15, 0.2) is 0 Å². The Morgan fingerprint density at radius 2 is 0.898 bits per heavy atom. The molecule has 0 spiro atoms. The summed E-state index contributed by atoms with van der Waals surface area (Å²) in [6, 6.07) is 74.9. The Kier molecular flexibility index (Phi) is 6.78. The van der Waals surface area contributed by atoms with Crippen LogP contribution in [0, 0.1) is 0 Å². The van der Waals surface area contributed by atoms with Crippen molar-refractivity contribution in [2.24, 2.45) is 0 Å². The first kappa shape index (κ1) is 32.3. The molecule has 0 aliphatic carbocycles. The molecule has 2 aliphatic heterocycles. The molecule has 0 bridgehead atoms. The maximum absolute atomic E-state index is 6.95. The third-order valence-corrected chi connectivity index (χ3v) is 12.5. The van der Waals surface area contributed by atoms with E-state index < -0.39 is 0 Å². The molecule has 0 fully saturated rings. The van der Waals surface area contributed by atoms with Crippen molar-refractivity contribution in [3.05, 3.63) is 206 Å². The minimum absolute atomic E-state index is 0.105. The summed E-state index contributed by atoms with van der Waals surface area (Å²) >= 11 is 0. The van der Waals surface area contributed by atoms with Crippen molar-refractivity contribution in [3.8, 4) is 45.1 Å². The number of hydrogen-bond acceptors (Lipinski definition) is 2. The number of aromatic nitrogens is 2. The Labute approximate surface area is 341 Å². The van der Waals surface area contributed by atoms with Crippen LogP contribution in [0.2, 0.25) is 0 Å². The monoisotopic (exact) mass is 751 g/mol. The van der Waals surface area contributed by atoms with Crippen LogP contribution in [0.25, 0.3) is 77.2 Å². The number of hydrogen-bond donors (Lipinski definition) is 0. The Morgan fingerprint density at radius 1 is 0.356 bits per heavy atom. The van der Waals surface area contributed by atoms with E-state index in [1.54, 1.807) is 0 Å². The Balaban J connectivity index is 1.06. The third kappa shape index (κ3) is 4.67. The molecule has 4 heterocycles. The van der Waals surface area contributed by atoms with Crippen LogP contribution in [-0.2, 0) is 0 Å². The van der Waals surface area contributed by atoms with E-state index in [1.165, 1.54) is 60.2 Å². The van der Waals surface area contributed by atoms with Crippen molar-refractivity contribution in [2.75, 3.05) is 4.81 Å². The fourth-order valence-corrected chi connectivity index (χ4v) is 10.1. The quantitative estimate of drug-likeness (QED) is 0.167. The molecule has 0 unspecified atom stereocenters. The number of anilines is 2. The van der Waals surface area contributed by atoms with E-state index in [2.05, 4.69) is 220 Å². The number of fused-ring (bicyclic) bond motifs is 10. The van der Waals surface area contributed by atoms with Crippen molar-refractivity contribution >= 4 is 72.8 Å². The van der Waals surface area contributed by atoms with Gasteiger partial charge >= 0.3 is 6.85 Å². The predicted octanol–water partition coefficient (Wildman–Crippen LogP) is 12.6. The molecule has 0 N–H and O–H groups in total. The van der Waals surface area contributed by atoms with Crippen molar-refractivity contribution in [2.45, 2.75) is 0 Å². The van der Waals surface area contributed by atoms with Gasteiger partial charge in [-0.05, 0) is 101 Å². The smallest absolute Gasteiger partial charge is 0.336 e. The first-order chi connectivity index (χ1) is 29.3. The van der Waals surface area contributed by atoms with Crippen LogP contribution in [0.5, 0.6) is 11.5 Å². The fourth-order valence-electron chi connectivity index (χ4n) is 10.1. The molecule has 0 radical (unpaired) electrons. The summed E-state index contributed by atoms with van der Waals surface area (Å²) in [7, 11) is 0. The highest BCUT2D eigenvalue weighted by molar-refractivity contribution is 6.92. The van der Waals surface area contributed by atoms with Crippen LogP contribution in [0.3, 0.4) is 0 Å². The summed E-state index contributed by atoms with van der Waals surface area (Å²) in [5.74, 6) is 1.77. The average molecular weight is 752 g/mol. The first-order valence-electron chi connectivity index (χ1n) is 20.3. The highest BCUT2D eigenvalue weighted by atomic mass is 16.5. The molecule has 0 amide bonds. The lowest BCUT2D eigenvalue weighted by molar-refractivity contribution is 0.487. The molecule has 2 aliphatic rings. The van der Waals surface area contributed by atoms with Gasteiger partial charge in [-0.3, -0.25) is 0 Å². The zero-order chi connectivity index (χ0) is 38.6. The third-order valence-electron chi connectivity index (χ3n) is 12.5. The second kappa shape index (κ2) is 12.4. The van der Waals surface area contributed by atoms with Crippen molar-refractivity contribution in [1.29, 1.82) is 0 Å². The normalized spacial score (nSPS) is 12.8. The largest absolute Gasteiger partial charge is 0.458 e. The molecule has 9 aromatic carbocycles. The highest BCUT2D eigenvalue weighted by Gasteiger charge is 2.44. The molecule has 5 heteroatoms. The van der Waals surface area contributed by atoms with Crippen LogP contribution in [0.1, 0.15) is 0 Å². The Hall–Kier alpha value is -7.76. The molecule has 0 saturated carbocycles. The van der Waals surface area contributed by atoms with Gasteiger partial charge in [-0.1, -0.05) is 127 Å². The summed E-state index contributed by atoms with van der Waals surface area (Å²) in [5.41, 5.74) is 16.3. The minimum Gasteiger partial charge on any atom is -0.458 e. The highest BCUT2D eigenvalue weighted by Crippen LogP contribution is 2.47. The zero-order valence-electron chi connectivity index (χ0n) is 32.0. The van der Waals surface area contributed by atoms with Gasteiger partial charge in [-0.2, -0.15) is 0 Å². The maximum atomic E-state index is 6.95. The second-order valence-corrected chi connectivity index (χ2v) is 15.7. The predicted molar refractivity (Wildman–Crippen MR) is 246 cm³/mol. The van der Waals surface area contributed by atoms with E-state index in [9.17, 15) is 0 Å². The van der Waals surface area contributed by atoms with Crippen LogP contribution < -0.4 is 20.5 Å². The number of benzene rings is 9. The average Bonchev–Trinajstić information content (AvgIpc) is 3.82. The molecule has 4 nitrogen and oxygen atoms in total. The first-order valence-corrected chi connectivity index (χ1v) is 20.3. The van der Waals surface area contributed by atoms with E-state index >= 15 is 0 Å². The topological polar surface area (TPSA) is 22.3 Å². The van der Waals surface area contributed by atoms with Gasteiger partial charge in [0.05, 0.1) is 22.1 Å². The molecule has 13 rings (SSSR count). The number of para-hydroxylation sites is 6. The van der Waals surface area contributed by atoms with Crippen LogP contribution in [0.15, 0.2) is 206 Å². The molecule has 59 heavy (non-hydrogen) atoms. The van der Waals surface area contributed by atoms with Crippen molar-refractivity contribution in [3.63, 3.8) is 0 Å². The van der Waals surface area contributed by atoms with E-state index in [0.29, 0.717) is 0 Å². The van der Waals surface area contributed by atoms with Gasteiger partial charge in [0.1, 0.15) is 11.5 Å². The molecule has 0 saturated heterocycles. The van der Waals surface area contributed by atoms with Gasteiger partial charge in [0.25, 0.3) is 0 Å². The molecule has 2 aromatic heterocycles. The maximum Gasteiger partial charge on any atom is 0.336 e. The summed E-state index contributed by atoms with van der Waals surface area (Å²) < 4.78 is 11.8. The summed E-state index contributed by atoms with van der Waals surface area (Å²) in [4.78, 5) is 2.53. The number of rotatable bonds is 4. The van der Waals surface area contributed by atoms with Gasteiger partial charge in [-0.15, -0.1) is 0 Å². The standard InChI is InChI=1S/C54H34BN3O/c1-2-16-37(17-3-1)58-51-34-39(57-49-26-11-6-21-42(49)43-22-7-12-27-50(43)57)29-30-44(51)45-32-36(33-53-54(45)55(58)46-23-8-13-28-52(46)59-53)35-15-14-18-38(31-35)56-47-24-9-4-19-40(47)41-20-5-10-25-48(41)56/h1-34H. The van der Waals surface area contributed by atoms with Gasteiger partial charge in [-0.25, -0.2) is 0 Å². The molecule has 11 aromatic rings. The second-order valence-electron chi connectivity index (χ2n) is 15.7. The lowest BCUT2D eigenvalue weighted by Crippen LogP contribution is -2.59. The molecule has 274 valence electrons. The Morgan fingerprint density at radius 3 is 1.54 bits per heavy atom. The van der Waals surface area contributed by atoms with Gasteiger partial charge in [0.2, 0.25) is 0 Å².